The summed E-state index contributed by atoms with van der Waals surface area (Å²) in [6, 6.07) is 4.82. The van der Waals surface area contributed by atoms with Crippen molar-refractivity contribution in [1.29, 1.82) is 0 Å². The van der Waals surface area contributed by atoms with Crippen LogP contribution in [0.2, 0.25) is 5.15 Å². The fourth-order valence-electron chi connectivity index (χ4n) is 4.10. The molecule has 0 radical (unpaired) electrons. The van der Waals surface area contributed by atoms with E-state index >= 15 is 0 Å². The molecule has 34 heavy (non-hydrogen) atoms. The number of aryl methyl sites for hydroxylation is 1. The van der Waals surface area contributed by atoms with Crippen LogP contribution >= 0.6 is 11.6 Å². The van der Waals surface area contributed by atoms with Gasteiger partial charge in [-0.1, -0.05) is 17.7 Å². The number of halogens is 1. The molecule has 0 atom stereocenters. The first-order valence-electron chi connectivity index (χ1n) is 10.9. The number of pyridine rings is 2. The smallest absolute Gasteiger partial charge is 0.263 e. The average Bonchev–Trinajstić information content (AvgIpc) is 3.73. The van der Waals surface area contributed by atoms with E-state index in [1.165, 1.54) is 16.8 Å². The molecule has 2 aliphatic rings. The van der Waals surface area contributed by atoms with Gasteiger partial charge in [0.05, 0.1) is 21.7 Å². The van der Waals surface area contributed by atoms with Gasteiger partial charge in [-0.15, -0.1) is 5.10 Å². The molecule has 0 spiro atoms. The topological polar surface area (TPSA) is 136 Å². The number of anilines is 1. The molecule has 3 heterocycles. The summed E-state index contributed by atoms with van der Waals surface area (Å²) >= 11 is 5.78. The van der Waals surface area contributed by atoms with Crippen molar-refractivity contribution < 1.29 is 13.2 Å². The van der Waals surface area contributed by atoms with Gasteiger partial charge in [0.2, 0.25) is 0 Å². The molecule has 0 unspecified atom stereocenters. The molecule has 3 aromatic heterocycles. The van der Waals surface area contributed by atoms with Crippen molar-refractivity contribution in [1.82, 2.24) is 25.1 Å². The van der Waals surface area contributed by atoms with Gasteiger partial charge in [0.15, 0.2) is 15.7 Å². The van der Waals surface area contributed by atoms with Crippen molar-refractivity contribution >= 4 is 44.1 Å². The molecule has 12 heteroatoms. The number of aromatic nitrogens is 4. The van der Waals surface area contributed by atoms with E-state index in [9.17, 15) is 18.0 Å². The number of amides is 1. The third-order valence-electron chi connectivity index (χ3n) is 6.46. The molecule has 5 rings (SSSR count). The largest absolute Gasteiger partial charge is 0.365 e. The van der Waals surface area contributed by atoms with Crippen molar-refractivity contribution in [3.8, 4) is 0 Å². The Morgan fingerprint density at radius 1 is 1.26 bits per heavy atom. The molecule has 2 N–H and O–H groups in total. The highest BCUT2D eigenvalue weighted by Crippen LogP contribution is 2.50. The molecule has 0 saturated heterocycles. The first-order valence-corrected chi connectivity index (χ1v) is 12.9. The second kappa shape index (κ2) is 8.31. The standard InChI is InChI=1S/C22H23ClN6O4S/c1-29-18-14(8-16(21(29)31)20(30)25-10-13-2-5-17(23)24-9-13)11-27-28-19(18)26-12-22(6-7-22)34(32,33)15-3-4-15/h2,5,8-9,11,15H,3-4,6-7,10,12H2,1H3,(H,25,30)(H,26,28). The Labute approximate surface area is 200 Å². The Morgan fingerprint density at radius 3 is 2.68 bits per heavy atom. The zero-order chi connectivity index (χ0) is 24.1. The number of sulfone groups is 1. The van der Waals surface area contributed by atoms with Gasteiger partial charge < -0.3 is 15.2 Å². The first kappa shape index (κ1) is 22.7. The molecule has 2 saturated carbocycles. The molecule has 0 aromatic carbocycles. The molecule has 10 nitrogen and oxygen atoms in total. The third-order valence-corrected chi connectivity index (χ3v) is 9.79. The van der Waals surface area contributed by atoms with Crippen molar-refractivity contribution in [2.45, 2.75) is 42.2 Å². The predicted octanol–water partition coefficient (Wildman–Crippen LogP) is 1.83. The zero-order valence-corrected chi connectivity index (χ0v) is 20.0. The monoisotopic (exact) mass is 502 g/mol. The van der Waals surface area contributed by atoms with E-state index in [1.54, 1.807) is 25.4 Å². The molecule has 2 fully saturated rings. The highest BCUT2D eigenvalue weighted by molar-refractivity contribution is 7.94. The number of nitrogens with one attached hydrogen (secondary N) is 2. The number of nitrogens with zero attached hydrogens (tertiary/aromatic N) is 4. The van der Waals surface area contributed by atoms with Gasteiger partial charge in [-0.2, -0.15) is 5.10 Å². The molecular formula is C22H23ClN6O4S. The van der Waals surface area contributed by atoms with Gasteiger partial charge in [-0.05, 0) is 43.4 Å². The number of rotatable bonds is 8. The van der Waals surface area contributed by atoms with Crippen LogP contribution in [0.5, 0.6) is 0 Å². The average molecular weight is 503 g/mol. The summed E-state index contributed by atoms with van der Waals surface area (Å²) in [4.78, 5) is 29.7. The normalized spacial score (nSPS) is 16.9. The van der Waals surface area contributed by atoms with E-state index < -0.39 is 26.1 Å². The molecule has 0 bridgehead atoms. The summed E-state index contributed by atoms with van der Waals surface area (Å²) in [7, 11) is -1.64. The van der Waals surface area contributed by atoms with E-state index in [4.69, 9.17) is 11.6 Å². The van der Waals surface area contributed by atoms with Gasteiger partial charge >= 0.3 is 0 Å². The van der Waals surface area contributed by atoms with E-state index in [-0.39, 0.29) is 23.9 Å². The van der Waals surface area contributed by atoms with Crippen LogP contribution in [0.1, 0.15) is 41.6 Å². The van der Waals surface area contributed by atoms with Crippen LogP contribution in [0.25, 0.3) is 10.9 Å². The predicted molar refractivity (Wildman–Crippen MR) is 128 cm³/mol. The highest BCUT2D eigenvalue weighted by atomic mass is 35.5. The van der Waals surface area contributed by atoms with E-state index in [0.29, 0.717) is 34.7 Å². The van der Waals surface area contributed by atoms with Gasteiger partial charge in [-0.25, -0.2) is 13.4 Å². The summed E-state index contributed by atoms with van der Waals surface area (Å²) in [5.74, 6) is -0.218. The molecular weight excluding hydrogens is 480 g/mol. The molecule has 1 amide bonds. The highest BCUT2D eigenvalue weighted by Gasteiger charge is 2.59. The first-order chi connectivity index (χ1) is 16.2. The van der Waals surface area contributed by atoms with Crippen LogP contribution in [-0.2, 0) is 23.4 Å². The fraction of sp³-hybridized carbons (Fsp3) is 0.409. The minimum atomic E-state index is -3.19. The van der Waals surface area contributed by atoms with Crippen LogP contribution in [0.3, 0.4) is 0 Å². The lowest BCUT2D eigenvalue weighted by Gasteiger charge is -2.18. The van der Waals surface area contributed by atoms with Crippen molar-refractivity contribution in [3.05, 3.63) is 57.2 Å². The summed E-state index contributed by atoms with van der Waals surface area (Å²) in [6.45, 7) is 0.397. The van der Waals surface area contributed by atoms with E-state index in [0.717, 1.165) is 18.4 Å². The SMILES string of the molecule is Cn1c(=O)c(C(=O)NCc2ccc(Cl)nc2)cc2cnnc(NCC3(S(=O)(=O)C4CC4)CC3)c21. The Hall–Kier alpha value is -3.05. The van der Waals surface area contributed by atoms with Crippen molar-refractivity contribution in [2.75, 3.05) is 11.9 Å². The lowest BCUT2D eigenvalue weighted by Crippen LogP contribution is -2.35. The Balaban J connectivity index is 1.38. The molecule has 178 valence electrons. The maximum atomic E-state index is 13.0. The second-order valence-corrected chi connectivity index (χ2v) is 11.9. The molecule has 3 aromatic rings. The number of carbonyl (C=O) groups is 1. The number of fused-ring (bicyclic) bond motifs is 1. The van der Waals surface area contributed by atoms with Gasteiger partial charge in [0.25, 0.3) is 11.5 Å². The minimum Gasteiger partial charge on any atom is -0.365 e. The van der Waals surface area contributed by atoms with Gasteiger partial charge in [0, 0.05) is 31.7 Å². The van der Waals surface area contributed by atoms with Crippen molar-refractivity contribution in [3.63, 3.8) is 0 Å². The molecule has 0 aliphatic heterocycles. The minimum absolute atomic E-state index is 0.0363. The zero-order valence-electron chi connectivity index (χ0n) is 18.4. The Morgan fingerprint density at radius 2 is 2.03 bits per heavy atom. The van der Waals surface area contributed by atoms with Crippen LogP contribution in [-0.4, -0.2) is 50.6 Å². The van der Waals surface area contributed by atoms with Crippen LogP contribution < -0.4 is 16.2 Å². The summed E-state index contributed by atoms with van der Waals surface area (Å²) < 4.78 is 26.2. The van der Waals surface area contributed by atoms with Crippen LogP contribution in [0.4, 0.5) is 5.82 Å². The second-order valence-electron chi connectivity index (χ2n) is 8.87. The van der Waals surface area contributed by atoms with E-state index in [1.807, 2.05) is 0 Å². The maximum absolute atomic E-state index is 13.0. The summed E-state index contributed by atoms with van der Waals surface area (Å²) in [5, 5.41) is 14.6. The molecule has 2 aliphatic carbocycles. The van der Waals surface area contributed by atoms with Gasteiger partial charge in [0.1, 0.15) is 10.7 Å². The third kappa shape index (κ3) is 4.03. The number of carbonyl (C=O) groups excluding carboxylic acids is 1. The Kier molecular flexibility index (Phi) is 5.56. The lowest BCUT2D eigenvalue weighted by molar-refractivity contribution is 0.0949. The number of hydrogen-bond donors (Lipinski definition) is 2. The quantitative estimate of drug-likeness (QED) is 0.445. The summed E-state index contributed by atoms with van der Waals surface area (Å²) in [6.07, 6.45) is 5.70. The Bertz CT molecular complexity index is 1450. The van der Waals surface area contributed by atoms with E-state index in [2.05, 4.69) is 25.8 Å². The van der Waals surface area contributed by atoms with Gasteiger partial charge in [-0.3, -0.25) is 9.59 Å². The summed E-state index contributed by atoms with van der Waals surface area (Å²) in [5.41, 5.74) is 0.661. The number of hydrogen-bond acceptors (Lipinski definition) is 8. The lowest BCUT2D eigenvalue weighted by atomic mass is 10.1. The van der Waals surface area contributed by atoms with Crippen molar-refractivity contribution in [2.24, 2.45) is 7.05 Å². The van der Waals surface area contributed by atoms with Crippen LogP contribution in [0, 0.1) is 0 Å². The van der Waals surface area contributed by atoms with Crippen LogP contribution in [0.15, 0.2) is 35.4 Å². The maximum Gasteiger partial charge on any atom is 0.263 e. The fourth-order valence-corrected chi connectivity index (χ4v) is 6.62.